The van der Waals surface area contributed by atoms with E-state index in [9.17, 15) is 0 Å². The Hall–Kier alpha value is -1.68. The SMILES string of the molecule is CN=C(NCCCc1nnc2ccccn12)NCc1ccsc1.I. The monoisotopic (exact) mass is 456 g/mol. The van der Waals surface area contributed by atoms with Crippen LogP contribution in [-0.2, 0) is 13.0 Å². The van der Waals surface area contributed by atoms with Crippen LogP contribution >= 0.6 is 35.3 Å². The molecule has 3 rings (SSSR count). The molecule has 3 aromatic heterocycles. The fourth-order valence-corrected chi connectivity index (χ4v) is 2.98. The Kier molecular flexibility index (Phi) is 7.44. The van der Waals surface area contributed by atoms with Crippen molar-refractivity contribution >= 4 is 46.9 Å². The van der Waals surface area contributed by atoms with E-state index in [1.807, 2.05) is 28.8 Å². The molecule has 0 saturated heterocycles. The quantitative estimate of drug-likeness (QED) is 0.259. The molecular weight excluding hydrogens is 435 g/mol. The van der Waals surface area contributed by atoms with Crippen LogP contribution in [0.5, 0.6) is 0 Å². The van der Waals surface area contributed by atoms with Gasteiger partial charge in [0, 0.05) is 32.8 Å². The van der Waals surface area contributed by atoms with Crippen LogP contribution in [0.15, 0.2) is 46.2 Å². The molecule has 0 saturated carbocycles. The lowest BCUT2D eigenvalue weighted by molar-refractivity contribution is 0.714. The number of thiophene rings is 1. The van der Waals surface area contributed by atoms with Gasteiger partial charge in [0.15, 0.2) is 11.6 Å². The largest absolute Gasteiger partial charge is 0.356 e. The molecule has 0 bridgehead atoms. The van der Waals surface area contributed by atoms with E-state index >= 15 is 0 Å². The number of pyridine rings is 1. The van der Waals surface area contributed by atoms with Gasteiger partial charge in [-0.2, -0.15) is 11.3 Å². The van der Waals surface area contributed by atoms with Crippen LogP contribution in [0.3, 0.4) is 0 Å². The van der Waals surface area contributed by atoms with Crippen molar-refractivity contribution < 1.29 is 0 Å². The Labute approximate surface area is 162 Å². The lowest BCUT2D eigenvalue weighted by atomic mass is 10.3. The summed E-state index contributed by atoms with van der Waals surface area (Å²) >= 11 is 1.70. The molecule has 0 aliphatic rings. The zero-order valence-corrected chi connectivity index (χ0v) is 16.6. The zero-order valence-electron chi connectivity index (χ0n) is 13.5. The van der Waals surface area contributed by atoms with E-state index in [-0.39, 0.29) is 24.0 Å². The van der Waals surface area contributed by atoms with Gasteiger partial charge in [0.2, 0.25) is 0 Å². The molecule has 3 heterocycles. The third-order valence-electron chi connectivity index (χ3n) is 3.52. The van der Waals surface area contributed by atoms with E-state index in [2.05, 4.69) is 42.6 Å². The van der Waals surface area contributed by atoms with Gasteiger partial charge in [0.1, 0.15) is 5.82 Å². The molecule has 128 valence electrons. The van der Waals surface area contributed by atoms with Crippen LogP contribution < -0.4 is 10.6 Å². The van der Waals surface area contributed by atoms with Crippen molar-refractivity contribution in [1.29, 1.82) is 0 Å². The number of guanidine groups is 1. The maximum atomic E-state index is 4.24. The van der Waals surface area contributed by atoms with E-state index in [4.69, 9.17) is 0 Å². The van der Waals surface area contributed by atoms with Gasteiger partial charge in [-0.25, -0.2) is 0 Å². The zero-order chi connectivity index (χ0) is 15.9. The second-order valence-corrected chi connectivity index (χ2v) is 5.91. The molecule has 0 radical (unpaired) electrons. The van der Waals surface area contributed by atoms with E-state index < -0.39 is 0 Å². The molecule has 0 aromatic carbocycles. The highest BCUT2D eigenvalue weighted by Gasteiger charge is 2.04. The van der Waals surface area contributed by atoms with Crippen molar-refractivity contribution in [2.75, 3.05) is 13.6 Å². The van der Waals surface area contributed by atoms with Crippen molar-refractivity contribution in [3.8, 4) is 0 Å². The predicted octanol–water partition coefficient (Wildman–Crippen LogP) is 2.71. The van der Waals surface area contributed by atoms with Crippen molar-refractivity contribution in [3.63, 3.8) is 0 Å². The smallest absolute Gasteiger partial charge is 0.191 e. The van der Waals surface area contributed by atoms with E-state index in [0.717, 1.165) is 43.4 Å². The maximum Gasteiger partial charge on any atom is 0.191 e. The molecule has 0 spiro atoms. The number of hydrogen-bond donors (Lipinski definition) is 2. The highest BCUT2D eigenvalue weighted by Crippen LogP contribution is 2.05. The summed E-state index contributed by atoms with van der Waals surface area (Å²) in [6.07, 6.45) is 3.84. The summed E-state index contributed by atoms with van der Waals surface area (Å²) in [5.74, 6) is 1.81. The summed E-state index contributed by atoms with van der Waals surface area (Å²) in [5.41, 5.74) is 2.16. The molecule has 0 atom stereocenters. The Morgan fingerprint density at radius 2 is 2.17 bits per heavy atom. The van der Waals surface area contributed by atoms with E-state index in [0.29, 0.717) is 0 Å². The van der Waals surface area contributed by atoms with E-state index in [1.54, 1.807) is 18.4 Å². The van der Waals surface area contributed by atoms with Crippen LogP contribution in [-0.4, -0.2) is 34.2 Å². The summed E-state index contributed by atoms with van der Waals surface area (Å²) in [7, 11) is 1.79. The number of aryl methyl sites for hydroxylation is 1. The number of rotatable bonds is 6. The van der Waals surface area contributed by atoms with Gasteiger partial charge >= 0.3 is 0 Å². The molecular formula is C16H21IN6S. The summed E-state index contributed by atoms with van der Waals surface area (Å²) in [6, 6.07) is 8.04. The van der Waals surface area contributed by atoms with Crippen molar-refractivity contribution in [3.05, 3.63) is 52.6 Å². The highest BCUT2D eigenvalue weighted by atomic mass is 127. The molecule has 0 amide bonds. The minimum Gasteiger partial charge on any atom is -0.356 e. The fourth-order valence-electron chi connectivity index (χ4n) is 2.31. The lowest BCUT2D eigenvalue weighted by Gasteiger charge is -2.11. The first-order valence-corrected chi connectivity index (χ1v) is 8.55. The first kappa shape index (κ1) is 18.7. The summed E-state index contributed by atoms with van der Waals surface area (Å²) < 4.78 is 2.03. The molecule has 0 aliphatic heterocycles. The van der Waals surface area contributed by atoms with Gasteiger partial charge in [0.05, 0.1) is 0 Å². The average molecular weight is 456 g/mol. The Morgan fingerprint density at radius 1 is 1.25 bits per heavy atom. The fraction of sp³-hybridized carbons (Fsp3) is 0.312. The van der Waals surface area contributed by atoms with Crippen LogP contribution in [0.25, 0.3) is 5.65 Å². The van der Waals surface area contributed by atoms with Crippen LogP contribution in [0.2, 0.25) is 0 Å². The summed E-state index contributed by atoms with van der Waals surface area (Å²) in [6.45, 7) is 1.63. The second kappa shape index (κ2) is 9.58. The van der Waals surface area contributed by atoms with Gasteiger partial charge < -0.3 is 10.6 Å². The van der Waals surface area contributed by atoms with Gasteiger partial charge in [-0.05, 0) is 40.9 Å². The number of aliphatic imine (C=N–C) groups is 1. The lowest BCUT2D eigenvalue weighted by Crippen LogP contribution is -2.37. The number of hydrogen-bond acceptors (Lipinski definition) is 4. The average Bonchev–Trinajstić information content (AvgIpc) is 3.24. The summed E-state index contributed by atoms with van der Waals surface area (Å²) in [5, 5.41) is 19.3. The first-order chi connectivity index (χ1) is 11.4. The van der Waals surface area contributed by atoms with Crippen molar-refractivity contribution in [2.45, 2.75) is 19.4 Å². The molecule has 2 N–H and O–H groups in total. The molecule has 0 fully saturated rings. The number of fused-ring (bicyclic) bond motifs is 1. The molecule has 6 nitrogen and oxygen atoms in total. The first-order valence-electron chi connectivity index (χ1n) is 7.61. The number of halogens is 1. The predicted molar refractivity (Wildman–Crippen MR) is 109 cm³/mol. The van der Waals surface area contributed by atoms with Gasteiger partial charge in [-0.3, -0.25) is 9.39 Å². The number of nitrogens with one attached hydrogen (secondary N) is 2. The minimum absolute atomic E-state index is 0. The number of nitrogens with zero attached hydrogens (tertiary/aromatic N) is 4. The highest BCUT2D eigenvalue weighted by molar-refractivity contribution is 14.0. The van der Waals surface area contributed by atoms with E-state index in [1.165, 1.54) is 5.56 Å². The maximum absolute atomic E-state index is 4.24. The molecule has 24 heavy (non-hydrogen) atoms. The summed E-state index contributed by atoms with van der Waals surface area (Å²) in [4.78, 5) is 4.24. The second-order valence-electron chi connectivity index (χ2n) is 5.13. The normalized spacial score (nSPS) is 11.3. The van der Waals surface area contributed by atoms with Crippen LogP contribution in [0.1, 0.15) is 17.8 Å². The Bertz CT molecular complexity index is 768. The number of aromatic nitrogens is 3. The standard InChI is InChI=1S/C16H20N6S.HI/c1-17-16(19-11-13-7-10-23-12-13)18-8-4-6-15-21-20-14-5-2-3-9-22(14)15;/h2-3,5,7,9-10,12H,4,6,8,11H2,1H3,(H2,17,18,19);1H. The van der Waals surface area contributed by atoms with Crippen molar-refractivity contribution in [2.24, 2.45) is 4.99 Å². The van der Waals surface area contributed by atoms with Gasteiger partial charge in [-0.1, -0.05) is 6.07 Å². The van der Waals surface area contributed by atoms with Crippen LogP contribution in [0.4, 0.5) is 0 Å². The Morgan fingerprint density at radius 3 is 2.96 bits per heavy atom. The van der Waals surface area contributed by atoms with Crippen molar-refractivity contribution in [1.82, 2.24) is 25.2 Å². The topological polar surface area (TPSA) is 66.6 Å². The molecule has 0 aliphatic carbocycles. The third kappa shape index (κ3) is 4.91. The molecule has 3 aromatic rings. The minimum atomic E-state index is 0. The van der Waals surface area contributed by atoms with Gasteiger partial charge in [0.25, 0.3) is 0 Å². The third-order valence-corrected chi connectivity index (χ3v) is 4.25. The Balaban J connectivity index is 0.00000208. The molecule has 8 heteroatoms. The molecule has 0 unspecified atom stereocenters. The van der Waals surface area contributed by atoms with Crippen LogP contribution in [0, 0.1) is 0 Å². The van der Waals surface area contributed by atoms with Gasteiger partial charge in [-0.15, -0.1) is 34.2 Å².